The van der Waals surface area contributed by atoms with Gasteiger partial charge in [-0.3, -0.25) is 9.78 Å². The Bertz CT molecular complexity index is 924. The smallest absolute Gasteiger partial charge is 0.340 e. The largest absolute Gasteiger partial charge is 0.452 e. The van der Waals surface area contributed by atoms with E-state index in [0.717, 1.165) is 15.0 Å². The number of benzene rings is 1. The first-order chi connectivity index (χ1) is 12.5. The molecular formula is C19H15BrN2O3S. The number of pyridine rings is 1. The summed E-state index contributed by atoms with van der Waals surface area (Å²) >= 11 is 4.90. The number of halogens is 1. The fourth-order valence-corrected chi connectivity index (χ4v) is 3.24. The van der Waals surface area contributed by atoms with Gasteiger partial charge in [0.15, 0.2) is 6.61 Å². The Hall–Kier alpha value is -2.51. The van der Waals surface area contributed by atoms with E-state index in [1.54, 1.807) is 42.5 Å². The van der Waals surface area contributed by atoms with E-state index in [2.05, 4.69) is 26.2 Å². The number of aromatic nitrogens is 1. The molecule has 1 N–H and O–H groups in total. The van der Waals surface area contributed by atoms with Crippen LogP contribution >= 0.6 is 27.3 Å². The van der Waals surface area contributed by atoms with Gasteiger partial charge in [0.1, 0.15) is 0 Å². The van der Waals surface area contributed by atoms with Crippen LogP contribution in [0.25, 0.3) is 10.6 Å². The minimum Gasteiger partial charge on any atom is -0.452 e. The van der Waals surface area contributed by atoms with Crippen LogP contribution in [0.3, 0.4) is 0 Å². The summed E-state index contributed by atoms with van der Waals surface area (Å²) in [5.74, 6) is -0.972. The zero-order valence-electron chi connectivity index (χ0n) is 13.9. The molecule has 26 heavy (non-hydrogen) atoms. The lowest BCUT2D eigenvalue weighted by molar-refractivity contribution is -0.119. The van der Waals surface area contributed by atoms with Crippen molar-refractivity contribution in [2.45, 2.75) is 6.92 Å². The number of carbonyl (C=O) groups excluding carboxylic acids is 2. The van der Waals surface area contributed by atoms with E-state index < -0.39 is 11.9 Å². The van der Waals surface area contributed by atoms with Crippen molar-refractivity contribution in [1.29, 1.82) is 0 Å². The van der Waals surface area contributed by atoms with Crippen molar-refractivity contribution < 1.29 is 14.3 Å². The van der Waals surface area contributed by atoms with Crippen LogP contribution in [0.4, 0.5) is 5.69 Å². The van der Waals surface area contributed by atoms with Gasteiger partial charge >= 0.3 is 5.97 Å². The molecule has 3 aromatic rings. The molecule has 1 amide bonds. The first-order valence-electron chi connectivity index (χ1n) is 7.77. The topological polar surface area (TPSA) is 68.3 Å². The molecule has 0 aliphatic carbocycles. The minimum absolute atomic E-state index is 0.349. The number of thiophene rings is 1. The Morgan fingerprint density at radius 3 is 2.58 bits per heavy atom. The molecule has 7 heteroatoms. The lowest BCUT2D eigenvalue weighted by Crippen LogP contribution is -2.21. The molecule has 0 fully saturated rings. The Morgan fingerprint density at radius 2 is 1.92 bits per heavy atom. The summed E-state index contributed by atoms with van der Waals surface area (Å²) < 4.78 is 6.01. The second-order valence-electron chi connectivity index (χ2n) is 5.44. The summed E-state index contributed by atoms with van der Waals surface area (Å²) in [6.07, 6.45) is 0. The average molecular weight is 431 g/mol. The van der Waals surface area contributed by atoms with Gasteiger partial charge in [0, 0.05) is 10.2 Å². The molecule has 2 aromatic heterocycles. The number of anilines is 1. The first-order valence-corrected chi connectivity index (χ1v) is 9.44. The maximum absolute atomic E-state index is 12.2. The van der Waals surface area contributed by atoms with E-state index in [-0.39, 0.29) is 6.61 Å². The minimum atomic E-state index is -0.571. The monoisotopic (exact) mass is 430 g/mol. The van der Waals surface area contributed by atoms with Crippen molar-refractivity contribution in [3.05, 3.63) is 69.6 Å². The van der Waals surface area contributed by atoms with E-state index in [0.29, 0.717) is 16.9 Å². The van der Waals surface area contributed by atoms with Crippen molar-refractivity contribution in [3.63, 3.8) is 0 Å². The molecule has 0 aliphatic heterocycles. The average Bonchev–Trinajstić information content (AvgIpc) is 3.16. The Morgan fingerprint density at radius 1 is 1.15 bits per heavy atom. The number of ether oxygens (including phenoxy) is 1. The van der Waals surface area contributed by atoms with Gasteiger partial charge in [0.2, 0.25) is 0 Å². The molecule has 5 nitrogen and oxygen atoms in total. The molecule has 1 aromatic carbocycles. The van der Waals surface area contributed by atoms with Gasteiger partial charge in [-0.05, 0) is 54.8 Å². The van der Waals surface area contributed by atoms with Gasteiger partial charge in [0.05, 0.1) is 21.8 Å². The second-order valence-corrected chi connectivity index (χ2v) is 7.30. The highest BCUT2D eigenvalue weighted by Crippen LogP contribution is 2.24. The molecule has 0 atom stereocenters. The van der Waals surface area contributed by atoms with Gasteiger partial charge in [-0.25, -0.2) is 4.79 Å². The molecule has 0 radical (unpaired) electrons. The zero-order chi connectivity index (χ0) is 18.5. The first kappa shape index (κ1) is 18.3. The van der Waals surface area contributed by atoms with E-state index in [1.807, 2.05) is 29.6 Å². The highest BCUT2D eigenvalue weighted by Gasteiger charge is 2.15. The van der Waals surface area contributed by atoms with Gasteiger partial charge in [-0.1, -0.05) is 22.0 Å². The normalized spacial score (nSPS) is 10.4. The quantitative estimate of drug-likeness (QED) is 0.596. The SMILES string of the molecule is Cc1nc(-c2cccs2)ccc1C(=O)OCC(=O)Nc1ccc(Br)cc1. The van der Waals surface area contributed by atoms with Crippen molar-refractivity contribution in [2.24, 2.45) is 0 Å². The van der Waals surface area contributed by atoms with Crippen molar-refractivity contribution in [1.82, 2.24) is 4.98 Å². The fraction of sp³-hybridized carbons (Fsp3) is 0.105. The number of aryl methyl sites for hydroxylation is 1. The van der Waals surface area contributed by atoms with Crippen LogP contribution in [0.2, 0.25) is 0 Å². The van der Waals surface area contributed by atoms with Gasteiger partial charge in [0.25, 0.3) is 5.91 Å². The molecule has 0 bridgehead atoms. The Kier molecular flexibility index (Phi) is 5.80. The summed E-state index contributed by atoms with van der Waals surface area (Å²) in [6.45, 7) is 1.39. The highest BCUT2D eigenvalue weighted by molar-refractivity contribution is 9.10. The summed E-state index contributed by atoms with van der Waals surface area (Å²) in [5.41, 5.74) is 2.35. The van der Waals surface area contributed by atoms with Gasteiger partial charge in [-0.2, -0.15) is 0 Å². The molecule has 0 spiro atoms. The van der Waals surface area contributed by atoms with Crippen LogP contribution in [0.1, 0.15) is 16.1 Å². The third-order valence-corrected chi connectivity index (χ3v) is 4.96. The summed E-state index contributed by atoms with van der Waals surface area (Å²) in [4.78, 5) is 29.6. The number of rotatable bonds is 5. The van der Waals surface area contributed by atoms with E-state index in [9.17, 15) is 9.59 Å². The number of nitrogens with zero attached hydrogens (tertiary/aromatic N) is 1. The molecule has 2 heterocycles. The lowest BCUT2D eigenvalue weighted by Gasteiger charge is -2.09. The van der Waals surface area contributed by atoms with E-state index in [1.165, 1.54) is 0 Å². The molecule has 0 aliphatic rings. The van der Waals surface area contributed by atoms with Crippen molar-refractivity contribution in [3.8, 4) is 10.6 Å². The summed E-state index contributed by atoms with van der Waals surface area (Å²) in [7, 11) is 0. The second kappa shape index (κ2) is 8.25. The molecular weight excluding hydrogens is 416 g/mol. The number of carbonyl (C=O) groups is 2. The number of hydrogen-bond acceptors (Lipinski definition) is 5. The third-order valence-electron chi connectivity index (χ3n) is 3.54. The maximum atomic E-state index is 12.2. The van der Waals surface area contributed by atoms with E-state index >= 15 is 0 Å². The van der Waals surface area contributed by atoms with Crippen LogP contribution in [0.5, 0.6) is 0 Å². The van der Waals surface area contributed by atoms with Crippen molar-refractivity contribution >= 4 is 44.8 Å². The highest BCUT2D eigenvalue weighted by atomic mass is 79.9. The summed E-state index contributed by atoms with van der Waals surface area (Å²) in [6, 6.07) is 14.5. The van der Waals surface area contributed by atoms with Crippen LogP contribution in [-0.4, -0.2) is 23.5 Å². The predicted octanol–water partition coefficient (Wildman–Crippen LogP) is 4.68. The third kappa shape index (κ3) is 4.56. The molecule has 132 valence electrons. The molecule has 3 rings (SSSR count). The Labute approximate surface area is 163 Å². The lowest BCUT2D eigenvalue weighted by atomic mass is 10.2. The zero-order valence-corrected chi connectivity index (χ0v) is 16.3. The number of nitrogens with one attached hydrogen (secondary N) is 1. The molecule has 0 unspecified atom stereocenters. The fourth-order valence-electron chi connectivity index (χ4n) is 2.28. The van der Waals surface area contributed by atoms with Crippen LogP contribution < -0.4 is 5.32 Å². The standard InChI is InChI=1S/C19H15BrN2O3S/c1-12-15(8-9-16(21-12)17-3-2-10-26-17)19(24)25-11-18(23)22-14-6-4-13(20)5-7-14/h2-10H,11H2,1H3,(H,22,23). The number of hydrogen-bond donors (Lipinski definition) is 1. The number of amides is 1. The number of esters is 1. The van der Waals surface area contributed by atoms with Crippen LogP contribution in [0, 0.1) is 6.92 Å². The van der Waals surface area contributed by atoms with Crippen LogP contribution in [-0.2, 0) is 9.53 Å². The molecule has 0 saturated carbocycles. The van der Waals surface area contributed by atoms with Gasteiger partial charge < -0.3 is 10.1 Å². The van der Waals surface area contributed by atoms with E-state index in [4.69, 9.17) is 4.74 Å². The van der Waals surface area contributed by atoms with Crippen LogP contribution in [0.15, 0.2) is 58.4 Å². The maximum Gasteiger partial charge on any atom is 0.340 e. The molecule has 0 saturated heterocycles. The van der Waals surface area contributed by atoms with Crippen molar-refractivity contribution in [2.75, 3.05) is 11.9 Å². The van der Waals surface area contributed by atoms with Gasteiger partial charge in [-0.15, -0.1) is 11.3 Å². The Balaban J connectivity index is 1.59. The summed E-state index contributed by atoms with van der Waals surface area (Å²) in [5, 5.41) is 4.64. The predicted molar refractivity (Wildman–Crippen MR) is 105 cm³/mol.